The smallest absolute Gasteiger partial charge is 0.251 e. The summed E-state index contributed by atoms with van der Waals surface area (Å²) in [4.78, 5) is 23.7. The Morgan fingerprint density at radius 2 is 2.05 bits per heavy atom. The van der Waals surface area contributed by atoms with Crippen molar-refractivity contribution in [1.82, 2.24) is 16.0 Å². The van der Waals surface area contributed by atoms with Crippen molar-refractivity contribution in [3.05, 3.63) is 35.9 Å². The molecule has 0 bridgehead atoms. The van der Waals surface area contributed by atoms with Gasteiger partial charge >= 0.3 is 0 Å². The topological polar surface area (TPSA) is 79.5 Å². The molecule has 1 fully saturated rings. The average molecular weight is 305 g/mol. The summed E-state index contributed by atoms with van der Waals surface area (Å²) in [5, 5.41) is 8.87. The van der Waals surface area contributed by atoms with E-state index in [0.717, 1.165) is 19.4 Å². The van der Waals surface area contributed by atoms with E-state index >= 15 is 0 Å². The molecule has 0 aromatic heterocycles. The fraction of sp³-hybridized carbons (Fsp3) is 0.500. The third-order valence-corrected chi connectivity index (χ3v) is 3.82. The second kappa shape index (κ2) is 7.91. The van der Waals surface area contributed by atoms with Crippen LogP contribution in [0.4, 0.5) is 0 Å². The van der Waals surface area contributed by atoms with E-state index in [1.54, 1.807) is 31.4 Å². The van der Waals surface area contributed by atoms with E-state index in [9.17, 15) is 9.59 Å². The van der Waals surface area contributed by atoms with Gasteiger partial charge in [-0.25, -0.2) is 0 Å². The predicted octanol–water partition coefficient (Wildman–Crippen LogP) is 0.301. The second-order valence-corrected chi connectivity index (χ2v) is 5.57. The zero-order valence-corrected chi connectivity index (χ0v) is 12.9. The Morgan fingerprint density at radius 3 is 2.68 bits per heavy atom. The van der Waals surface area contributed by atoms with E-state index in [2.05, 4.69) is 16.0 Å². The summed E-state index contributed by atoms with van der Waals surface area (Å²) >= 11 is 0. The fourth-order valence-corrected chi connectivity index (χ4v) is 2.65. The molecule has 1 atom stereocenters. The van der Waals surface area contributed by atoms with Crippen molar-refractivity contribution >= 4 is 11.8 Å². The zero-order chi connectivity index (χ0) is 15.8. The lowest BCUT2D eigenvalue weighted by molar-refractivity contribution is -0.120. The number of carbonyl (C=O) groups is 2. The number of benzene rings is 1. The molecule has 1 heterocycles. The summed E-state index contributed by atoms with van der Waals surface area (Å²) in [6.07, 6.45) is 2.04. The number of rotatable bonds is 7. The van der Waals surface area contributed by atoms with Gasteiger partial charge in [0.25, 0.3) is 5.91 Å². The third kappa shape index (κ3) is 4.54. The van der Waals surface area contributed by atoms with Crippen molar-refractivity contribution in [3.8, 4) is 0 Å². The normalized spacial score (nSPS) is 20.6. The molecule has 2 amide bonds. The first-order valence-electron chi connectivity index (χ1n) is 7.49. The lowest BCUT2D eigenvalue weighted by Crippen LogP contribution is -2.54. The maximum absolute atomic E-state index is 11.9. The highest BCUT2D eigenvalue weighted by Gasteiger charge is 2.33. The molecule has 1 aliphatic rings. The molecule has 3 N–H and O–H groups in total. The van der Waals surface area contributed by atoms with Crippen LogP contribution in [-0.4, -0.2) is 50.7 Å². The van der Waals surface area contributed by atoms with Crippen LogP contribution in [0.3, 0.4) is 0 Å². The molecule has 6 nitrogen and oxygen atoms in total. The van der Waals surface area contributed by atoms with Crippen molar-refractivity contribution in [2.75, 3.05) is 33.4 Å². The zero-order valence-electron chi connectivity index (χ0n) is 12.9. The summed E-state index contributed by atoms with van der Waals surface area (Å²) in [5.41, 5.74) is 0.358. The highest BCUT2D eigenvalue weighted by atomic mass is 16.5. The van der Waals surface area contributed by atoms with Gasteiger partial charge in [0.05, 0.1) is 18.7 Å². The molecule has 1 aliphatic heterocycles. The molecule has 0 spiro atoms. The molecule has 120 valence electrons. The van der Waals surface area contributed by atoms with Gasteiger partial charge in [-0.1, -0.05) is 18.2 Å². The number of hydrogen-bond donors (Lipinski definition) is 3. The van der Waals surface area contributed by atoms with Gasteiger partial charge in [-0.05, 0) is 31.5 Å². The largest absolute Gasteiger partial charge is 0.383 e. The summed E-state index contributed by atoms with van der Waals surface area (Å²) in [6.45, 7) is 1.96. The van der Waals surface area contributed by atoms with Gasteiger partial charge in [-0.15, -0.1) is 0 Å². The Hall–Kier alpha value is -1.92. The summed E-state index contributed by atoms with van der Waals surface area (Å²) < 4.78 is 5.23. The predicted molar refractivity (Wildman–Crippen MR) is 83.6 cm³/mol. The number of methoxy groups -OCH3 is 1. The highest BCUT2D eigenvalue weighted by Crippen LogP contribution is 2.18. The average Bonchev–Trinajstić information content (AvgIpc) is 3.01. The highest BCUT2D eigenvalue weighted by molar-refractivity contribution is 5.96. The minimum atomic E-state index is -0.249. The molecule has 1 unspecified atom stereocenters. The summed E-state index contributed by atoms with van der Waals surface area (Å²) in [6, 6.07) is 8.84. The first-order valence-corrected chi connectivity index (χ1v) is 7.49. The minimum Gasteiger partial charge on any atom is -0.383 e. The monoisotopic (exact) mass is 305 g/mol. The Bertz CT molecular complexity index is 499. The van der Waals surface area contributed by atoms with Crippen LogP contribution in [0, 0.1) is 0 Å². The Balaban J connectivity index is 1.75. The van der Waals surface area contributed by atoms with Gasteiger partial charge in [-0.3, -0.25) is 9.59 Å². The van der Waals surface area contributed by atoms with Crippen molar-refractivity contribution in [2.45, 2.75) is 18.4 Å². The molecule has 1 aromatic rings. The third-order valence-electron chi connectivity index (χ3n) is 3.82. The first-order chi connectivity index (χ1) is 10.7. The number of nitrogens with one attached hydrogen (secondary N) is 3. The van der Waals surface area contributed by atoms with Crippen LogP contribution >= 0.6 is 0 Å². The molecule has 2 rings (SSSR count). The van der Waals surface area contributed by atoms with E-state index in [1.165, 1.54) is 0 Å². The van der Waals surface area contributed by atoms with Gasteiger partial charge in [0.2, 0.25) is 5.91 Å². The Morgan fingerprint density at radius 1 is 1.27 bits per heavy atom. The molecule has 0 saturated carbocycles. The number of ether oxygens (including phenoxy) is 1. The number of amides is 2. The maximum Gasteiger partial charge on any atom is 0.251 e. The molecule has 0 aliphatic carbocycles. The van der Waals surface area contributed by atoms with Crippen LogP contribution in [-0.2, 0) is 9.53 Å². The van der Waals surface area contributed by atoms with E-state index in [0.29, 0.717) is 18.7 Å². The second-order valence-electron chi connectivity index (χ2n) is 5.57. The van der Waals surface area contributed by atoms with E-state index < -0.39 is 0 Å². The summed E-state index contributed by atoms with van der Waals surface area (Å²) in [7, 11) is 1.66. The van der Waals surface area contributed by atoms with E-state index in [-0.39, 0.29) is 23.9 Å². The van der Waals surface area contributed by atoms with Crippen LogP contribution in [0.15, 0.2) is 30.3 Å². The molecule has 0 radical (unpaired) electrons. The molecule has 1 aromatic carbocycles. The number of carbonyl (C=O) groups excluding carboxylic acids is 2. The van der Waals surface area contributed by atoms with E-state index in [4.69, 9.17) is 4.74 Å². The van der Waals surface area contributed by atoms with Crippen LogP contribution < -0.4 is 16.0 Å². The number of hydrogen-bond acceptors (Lipinski definition) is 4. The maximum atomic E-state index is 11.9. The fourth-order valence-electron chi connectivity index (χ4n) is 2.65. The molecule has 22 heavy (non-hydrogen) atoms. The first kappa shape index (κ1) is 16.5. The molecule has 1 saturated heterocycles. The van der Waals surface area contributed by atoms with Crippen LogP contribution in [0.5, 0.6) is 0 Å². The van der Waals surface area contributed by atoms with Crippen molar-refractivity contribution in [2.24, 2.45) is 0 Å². The lowest BCUT2D eigenvalue weighted by atomic mass is 9.98. The van der Waals surface area contributed by atoms with Crippen molar-refractivity contribution in [3.63, 3.8) is 0 Å². The van der Waals surface area contributed by atoms with Gasteiger partial charge < -0.3 is 20.7 Å². The minimum absolute atomic E-state index is 0.0310. The van der Waals surface area contributed by atoms with Gasteiger partial charge in [0.15, 0.2) is 0 Å². The summed E-state index contributed by atoms with van der Waals surface area (Å²) in [5.74, 6) is -0.449. The van der Waals surface area contributed by atoms with Gasteiger partial charge in [0, 0.05) is 19.2 Å². The molecule has 6 heteroatoms. The SMILES string of the molecule is COCC1(CNC(=O)CNC(=O)c2ccccc2)CCCN1. The van der Waals surface area contributed by atoms with Crippen LogP contribution in [0.1, 0.15) is 23.2 Å². The van der Waals surface area contributed by atoms with Crippen LogP contribution in [0.25, 0.3) is 0 Å². The van der Waals surface area contributed by atoms with Crippen molar-refractivity contribution < 1.29 is 14.3 Å². The quantitative estimate of drug-likeness (QED) is 0.677. The van der Waals surface area contributed by atoms with Crippen LogP contribution in [0.2, 0.25) is 0 Å². The Labute approximate surface area is 130 Å². The molecular formula is C16H23N3O3. The van der Waals surface area contributed by atoms with E-state index in [1.807, 2.05) is 6.07 Å². The van der Waals surface area contributed by atoms with Gasteiger partial charge in [0.1, 0.15) is 0 Å². The standard InChI is InChI=1S/C16H23N3O3/c1-22-12-16(8-5-9-19-16)11-18-14(20)10-17-15(21)13-6-3-2-4-7-13/h2-4,6-7,19H,5,8-12H2,1H3,(H,17,21)(H,18,20). The lowest BCUT2D eigenvalue weighted by Gasteiger charge is -2.28. The van der Waals surface area contributed by atoms with Gasteiger partial charge in [-0.2, -0.15) is 0 Å². The Kier molecular flexibility index (Phi) is 5.91. The van der Waals surface area contributed by atoms with Crippen molar-refractivity contribution in [1.29, 1.82) is 0 Å². The molecular weight excluding hydrogens is 282 g/mol.